The molecule has 1 unspecified atom stereocenters. The fourth-order valence-electron chi connectivity index (χ4n) is 1.41. The van der Waals surface area contributed by atoms with E-state index in [1.807, 2.05) is 13.0 Å². The van der Waals surface area contributed by atoms with Crippen LogP contribution in [0.4, 0.5) is 0 Å². The summed E-state index contributed by atoms with van der Waals surface area (Å²) < 4.78 is 6.59. The average Bonchev–Trinajstić information content (AvgIpc) is 2.59. The summed E-state index contributed by atoms with van der Waals surface area (Å²) in [5.41, 5.74) is 2.80. The highest BCUT2D eigenvalue weighted by atomic mass is 16.6. The predicted molar refractivity (Wildman–Crippen MR) is 51.9 cm³/mol. The Labute approximate surface area is 81.7 Å². The Morgan fingerprint density at radius 1 is 1.57 bits per heavy atom. The van der Waals surface area contributed by atoms with Crippen molar-refractivity contribution in [1.29, 1.82) is 0 Å². The zero-order valence-corrected chi connectivity index (χ0v) is 8.14. The van der Waals surface area contributed by atoms with Crippen LogP contribution in [0.25, 0.3) is 5.52 Å². The number of hydrogen-bond donors (Lipinski definition) is 1. The van der Waals surface area contributed by atoms with Crippen LogP contribution in [0.1, 0.15) is 17.4 Å². The van der Waals surface area contributed by atoms with Crippen LogP contribution < -0.4 is 0 Å². The zero-order valence-electron chi connectivity index (χ0n) is 8.14. The number of aliphatic hydroxyl groups excluding tert-OH is 1. The minimum Gasteiger partial charge on any atom is -0.364 e. The summed E-state index contributed by atoms with van der Waals surface area (Å²) in [5.74, 6) is 0. The fourth-order valence-corrected chi connectivity index (χ4v) is 1.41. The minimum absolute atomic E-state index is 0.739. The summed E-state index contributed by atoms with van der Waals surface area (Å²) in [7, 11) is 1.47. The molecular formula is C10H12N2O2. The van der Waals surface area contributed by atoms with Crippen molar-refractivity contribution < 1.29 is 9.84 Å². The summed E-state index contributed by atoms with van der Waals surface area (Å²) in [6, 6.07) is 3.66. The Kier molecular flexibility index (Phi) is 2.23. The van der Waals surface area contributed by atoms with E-state index in [1.165, 1.54) is 7.11 Å². The fraction of sp³-hybridized carbons (Fsp3) is 0.300. The topological polar surface area (TPSA) is 46.8 Å². The molecule has 0 amide bonds. The third-order valence-corrected chi connectivity index (χ3v) is 2.25. The quantitative estimate of drug-likeness (QED) is 0.729. The van der Waals surface area contributed by atoms with E-state index >= 15 is 0 Å². The summed E-state index contributed by atoms with van der Waals surface area (Å²) in [4.78, 5) is 0. The van der Waals surface area contributed by atoms with Gasteiger partial charge in [0.2, 0.25) is 0 Å². The van der Waals surface area contributed by atoms with E-state index in [1.54, 1.807) is 23.0 Å². The van der Waals surface area contributed by atoms with Crippen LogP contribution >= 0.6 is 0 Å². The maximum Gasteiger partial charge on any atom is 0.180 e. The Morgan fingerprint density at radius 3 is 3.07 bits per heavy atom. The molecular weight excluding hydrogens is 180 g/mol. The van der Waals surface area contributed by atoms with Crippen LogP contribution in [0, 0.1) is 6.92 Å². The lowest BCUT2D eigenvalue weighted by molar-refractivity contribution is -0.0769. The van der Waals surface area contributed by atoms with Gasteiger partial charge in [-0.05, 0) is 24.6 Å². The van der Waals surface area contributed by atoms with Gasteiger partial charge in [0.1, 0.15) is 0 Å². The molecule has 0 radical (unpaired) electrons. The number of rotatable bonds is 2. The Hall–Kier alpha value is -1.39. The van der Waals surface area contributed by atoms with Gasteiger partial charge in [-0.3, -0.25) is 0 Å². The highest BCUT2D eigenvalue weighted by Crippen LogP contribution is 2.17. The van der Waals surface area contributed by atoms with Gasteiger partial charge in [-0.1, -0.05) is 0 Å². The van der Waals surface area contributed by atoms with E-state index in [-0.39, 0.29) is 0 Å². The van der Waals surface area contributed by atoms with E-state index < -0.39 is 6.29 Å². The van der Waals surface area contributed by atoms with E-state index in [0.29, 0.717) is 0 Å². The third-order valence-electron chi connectivity index (χ3n) is 2.25. The molecule has 0 saturated carbocycles. The van der Waals surface area contributed by atoms with Gasteiger partial charge in [-0.15, -0.1) is 0 Å². The van der Waals surface area contributed by atoms with E-state index in [0.717, 1.165) is 16.6 Å². The van der Waals surface area contributed by atoms with Crippen molar-refractivity contribution in [3.05, 3.63) is 35.7 Å². The molecule has 2 rings (SSSR count). The van der Waals surface area contributed by atoms with Gasteiger partial charge in [0.25, 0.3) is 0 Å². The molecule has 2 heterocycles. The summed E-state index contributed by atoms with van der Waals surface area (Å²) in [6.07, 6.45) is 2.73. The van der Waals surface area contributed by atoms with E-state index in [9.17, 15) is 5.11 Å². The molecule has 0 spiro atoms. The molecule has 14 heavy (non-hydrogen) atoms. The van der Waals surface area contributed by atoms with Gasteiger partial charge in [-0.2, -0.15) is 5.10 Å². The summed E-state index contributed by atoms with van der Waals surface area (Å²) in [6.45, 7) is 1.98. The highest BCUT2D eigenvalue weighted by Gasteiger charge is 2.07. The van der Waals surface area contributed by atoms with Crippen molar-refractivity contribution in [3.63, 3.8) is 0 Å². The lowest BCUT2D eigenvalue weighted by atomic mass is 10.2. The predicted octanol–water partition coefficient (Wildman–Crippen LogP) is 1.28. The molecule has 0 aliphatic carbocycles. The standard InChI is InChI=1S/C10H12N2O2/c1-7-6-11-12-4-3-8(5-9(7)12)10(13)14-2/h3-6,10,13H,1-2H3. The van der Waals surface area contributed by atoms with Crippen molar-refractivity contribution in [2.45, 2.75) is 13.2 Å². The maximum absolute atomic E-state index is 9.47. The molecule has 74 valence electrons. The number of fused-ring (bicyclic) bond motifs is 1. The lowest BCUT2D eigenvalue weighted by Gasteiger charge is -2.08. The highest BCUT2D eigenvalue weighted by molar-refractivity contribution is 5.54. The van der Waals surface area contributed by atoms with Crippen LogP contribution in [0.3, 0.4) is 0 Å². The molecule has 0 saturated heterocycles. The zero-order chi connectivity index (χ0) is 10.1. The van der Waals surface area contributed by atoms with Gasteiger partial charge in [0.05, 0.1) is 11.7 Å². The average molecular weight is 192 g/mol. The van der Waals surface area contributed by atoms with Crippen molar-refractivity contribution in [2.24, 2.45) is 0 Å². The van der Waals surface area contributed by atoms with Crippen LogP contribution in [0.5, 0.6) is 0 Å². The maximum atomic E-state index is 9.47. The molecule has 0 aliphatic heterocycles. The molecule has 1 N–H and O–H groups in total. The number of aryl methyl sites for hydroxylation is 1. The second-order valence-electron chi connectivity index (χ2n) is 3.21. The van der Waals surface area contributed by atoms with Gasteiger partial charge in [-0.25, -0.2) is 4.52 Å². The summed E-state index contributed by atoms with van der Waals surface area (Å²) in [5, 5.41) is 13.6. The molecule has 2 aromatic heterocycles. The Bertz CT molecular complexity index is 450. The Balaban J connectivity index is 2.54. The van der Waals surface area contributed by atoms with Crippen LogP contribution in [-0.2, 0) is 4.74 Å². The number of aliphatic hydroxyl groups is 1. The second-order valence-corrected chi connectivity index (χ2v) is 3.21. The first-order chi connectivity index (χ1) is 6.72. The molecule has 4 nitrogen and oxygen atoms in total. The number of nitrogens with zero attached hydrogens (tertiary/aromatic N) is 2. The molecule has 0 aromatic carbocycles. The van der Waals surface area contributed by atoms with E-state index in [2.05, 4.69) is 5.10 Å². The first kappa shape index (κ1) is 9.18. The summed E-state index contributed by atoms with van der Waals surface area (Å²) >= 11 is 0. The first-order valence-corrected chi connectivity index (χ1v) is 4.37. The van der Waals surface area contributed by atoms with Gasteiger partial charge >= 0.3 is 0 Å². The van der Waals surface area contributed by atoms with Crippen LogP contribution in [0.2, 0.25) is 0 Å². The molecule has 0 fully saturated rings. The monoisotopic (exact) mass is 192 g/mol. The van der Waals surface area contributed by atoms with Crippen molar-refractivity contribution >= 4 is 5.52 Å². The smallest absolute Gasteiger partial charge is 0.180 e. The van der Waals surface area contributed by atoms with E-state index in [4.69, 9.17) is 4.74 Å². The van der Waals surface area contributed by atoms with Crippen molar-refractivity contribution in [1.82, 2.24) is 9.61 Å². The van der Waals surface area contributed by atoms with Crippen LogP contribution in [-0.4, -0.2) is 21.8 Å². The Morgan fingerprint density at radius 2 is 2.36 bits per heavy atom. The number of hydrogen-bond acceptors (Lipinski definition) is 3. The molecule has 1 atom stereocenters. The number of methoxy groups -OCH3 is 1. The number of pyridine rings is 1. The minimum atomic E-state index is -0.866. The molecule has 0 aliphatic rings. The number of ether oxygens (including phenoxy) is 1. The third kappa shape index (κ3) is 1.38. The van der Waals surface area contributed by atoms with Crippen molar-refractivity contribution in [2.75, 3.05) is 7.11 Å². The van der Waals surface area contributed by atoms with Gasteiger partial charge in [0, 0.05) is 18.9 Å². The first-order valence-electron chi connectivity index (χ1n) is 4.37. The normalized spacial score (nSPS) is 13.4. The lowest BCUT2D eigenvalue weighted by Crippen LogP contribution is -2.00. The van der Waals surface area contributed by atoms with Gasteiger partial charge in [0.15, 0.2) is 6.29 Å². The number of aromatic nitrogens is 2. The van der Waals surface area contributed by atoms with Crippen molar-refractivity contribution in [3.8, 4) is 0 Å². The molecule has 4 heteroatoms. The van der Waals surface area contributed by atoms with Crippen LogP contribution in [0.15, 0.2) is 24.5 Å². The molecule has 0 bridgehead atoms. The largest absolute Gasteiger partial charge is 0.364 e. The van der Waals surface area contributed by atoms with Gasteiger partial charge < -0.3 is 9.84 Å². The second kappa shape index (κ2) is 3.40. The SMILES string of the molecule is COC(O)c1ccn2ncc(C)c2c1. The molecule has 2 aromatic rings.